The fraction of sp³-hybridized carbons (Fsp3) is 0.417. The fourth-order valence-electron chi connectivity index (χ4n) is 0.695. The summed E-state index contributed by atoms with van der Waals surface area (Å²) in [7, 11) is 0. The van der Waals surface area contributed by atoms with Crippen molar-refractivity contribution in [3.8, 4) is 0 Å². The van der Waals surface area contributed by atoms with Gasteiger partial charge in [0.2, 0.25) is 6.41 Å². The number of carbonyl (C=O) groups is 1. The molecule has 0 unspecified atom stereocenters. The number of anilines is 1. The van der Waals surface area contributed by atoms with Crippen molar-refractivity contribution < 1.29 is 4.79 Å². The first-order valence-electron chi connectivity index (χ1n) is 5.31. The average molecular weight is 264 g/mol. The molecule has 4 heteroatoms. The molecule has 1 aromatic rings. The van der Waals surface area contributed by atoms with Gasteiger partial charge in [-0.15, -0.1) is 0 Å². The van der Waals surface area contributed by atoms with Crippen molar-refractivity contribution in [3.63, 3.8) is 0 Å². The van der Waals surface area contributed by atoms with Gasteiger partial charge in [0, 0.05) is 0 Å². The zero-order valence-corrected chi connectivity index (χ0v) is 11.7. The van der Waals surface area contributed by atoms with E-state index in [0.717, 1.165) is 0 Å². The smallest absolute Gasteiger partial charge is 0.211 e. The first-order chi connectivity index (χ1) is 7.67. The van der Waals surface area contributed by atoms with Crippen LogP contribution in [0.2, 0.25) is 10.0 Å². The van der Waals surface area contributed by atoms with Crippen LogP contribution in [0.15, 0.2) is 18.2 Å². The van der Waals surface area contributed by atoms with Crippen LogP contribution in [0.25, 0.3) is 0 Å². The highest BCUT2D eigenvalue weighted by Crippen LogP contribution is 2.28. The van der Waals surface area contributed by atoms with E-state index in [-0.39, 0.29) is 0 Å². The van der Waals surface area contributed by atoms with Crippen molar-refractivity contribution in [1.82, 2.24) is 0 Å². The van der Waals surface area contributed by atoms with Crippen LogP contribution in [0, 0.1) is 0 Å². The zero-order valence-electron chi connectivity index (χ0n) is 10.2. The van der Waals surface area contributed by atoms with Gasteiger partial charge in [0.1, 0.15) is 0 Å². The maximum atomic E-state index is 10.1. The van der Waals surface area contributed by atoms with Gasteiger partial charge in [-0.25, -0.2) is 0 Å². The molecule has 0 aliphatic rings. The summed E-state index contributed by atoms with van der Waals surface area (Å²) in [6.45, 7) is 8.25. The third-order valence-corrected chi connectivity index (χ3v) is 1.80. The summed E-state index contributed by atoms with van der Waals surface area (Å²) in [5.41, 5.74) is 0.450. The number of halogens is 2. The molecule has 0 atom stereocenters. The largest absolute Gasteiger partial charge is 0.326 e. The van der Waals surface area contributed by atoms with E-state index in [0.29, 0.717) is 22.1 Å². The van der Waals surface area contributed by atoms with Gasteiger partial charge in [0.25, 0.3) is 0 Å². The third-order valence-electron chi connectivity index (χ3n) is 1.17. The molecule has 1 rings (SSSR count). The number of rotatable bonds is 2. The molecule has 1 N–H and O–H groups in total. The van der Waals surface area contributed by atoms with Crippen molar-refractivity contribution in [2.24, 2.45) is 0 Å². The van der Waals surface area contributed by atoms with Gasteiger partial charge < -0.3 is 5.32 Å². The molecule has 0 aromatic heterocycles. The van der Waals surface area contributed by atoms with Crippen molar-refractivity contribution in [1.29, 1.82) is 0 Å². The monoisotopic (exact) mass is 263 g/mol. The molecular formula is C12H19Cl2NO. The third kappa shape index (κ3) is 7.55. The van der Waals surface area contributed by atoms with Crippen molar-refractivity contribution in [2.75, 3.05) is 5.32 Å². The summed E-state index contributed by atoms with van der Waals surface area (Å²) >= 11 is 11.4. The van der Waals surface area contributed by atoms with Crippen LogP contribution >= 0.6 is 23.2 Å². The highest BCUT2D eigenvalue weighted by molar-refractivity contribution is 6.39. The van der Waals surface area contributed by atoms with E-state index in [4.69, 9.17) is 23.2 Å². The molecular weight excluding hydrogens is 245 g/mol. The summed E-state index contributed by atoms with van der Waals surface area (Å²) in [4.78, 5) is 10.1. The number of carbonyl (C=O) groups excluding carboxylic acids is 1. The Balaban J connectivity index is 0. The van der Waals surface area contributed by atoms with Crippen LogP contribution < -0.4 is 5.32 Å². The fourth-order valence-corrected chi connectivity index (χ4v) is 1.20. The standard InChI is InChI=1S/C7H5Cl2NO.C3H8.C2H6/c8-5-2-1-3-6(9)7(5)10-4-11;1-3-2;1-2/h1-4H,(H,10,11);3H2,1-2H3;1-2H3. The molecule has 0 saturated heterocycles. The van der Waals surface area contributed by atoms with Gasteiger partial charge in [-0.05, 0) is 12.1 Å². The molecule has 0 fully saturated rings. The lowest BCUT2D eigenvalue weighted by Crippen LogP contribution is -1.94. The van der Waals surface area contributed by atoms with E-state index in [2.05, 4.69) is 19.2 Å². The molecule has 0 spiro atoms. The molecule has 0 heterocycles. The minimum atomic E-state index is 0.435. The Kier molecular flexibility index (Phi) is 13.6. The molecule has 0 aliphatic carbocycles. The Morgan fingerprint density at radius 2 is 1.56 bits per heavy atom. The molecule has 0 saturated carbocycles. The van der Waals surface area contributed by atoms with Crippen LogP contribution in [0.1, 0.15) is 34.1 Å². The topological polar surface area (TPSA) is 29.1 Å². The van der Waals surface area contributed by atoms with Crippen LogP contribution in [-0.4, -0.2) is 6.41 Å². The van der Waals surface area contributed by atoms with Gasteiger partial charge in [0.05, 0.1) is 15.7 Å². The molecule has 0 aliphatic heterocycles. The highest BCUT2D eigenvalue weighted by atomic mass is 35.5. The predicted molar refractivity (Wildman–Crippen MR) is 73.5 cm³/mol. The Hall–Kier alpha value is -0.730. The molecule has 92 valence electrons. The first-order valence-corrected chi connectivity index (χ1v) is 6.07. The molecule has 2 nitrogen and oxygen atoms in total. The van der Waals surface area contributed by atoms with Crippen molar-refractivity contribution >= 4 is 35.3 Å². The van der Waals surface area contributed by atoms with Gasteiger partial charge in [-0.2, -0.15) is 0 Å². The Labute approximate surface area is 108 Å². The number of nitrogens with one attached hydrogen (secondary N) is 1. The van der Waals surface area contributed by atoms with Crippen LogP contribution in [-0.2, 0) is 4.79 Å². The minimum absolute atomic E-state index is 0.435. The number of hydrogen-bond acceptors (Lipinski definition) is 1. The highest BCUT2D eigenvalue weighted by Gasteiger charge is 2.02. The van der Waals surface area contributed by atoms with E-state index in [1.165, 1.54) is 6.42 Å². The summed E-state index contributed by atoms with van der Waals surface area (Å²) in [6.07, 6.45) is 1.78. The first kappa shape index (κ1) is 17.7. The lowest BCUT2D eigenvalue weighted by atomic mass is 10.3. The molecule has 1 amide bonds. The maximum Gasteiger partial charge on any atom is 0.211 e. The second kappa shape index (κ2) is 12.3. The van der Waals surface area contributed by atoms with Gasteiger partial charge >= 0.3 is 0 Å². The Bertz CT molecular complexity index is 270. The Morgan fingerprint density at radius 3 is 1.88 bits per heavy atom. The Morgan fingerprint density at radius 1 is 1.19 bits per heavy atom. The normalized spacial score (nSPS) is 7.88. The van der Waals surface area contributed by atoms with Crippen LogP contribution in [0.4, 0.5) is 5.69 Å². The van der Waals surface area contributed by atoms with Crippen molar-refractivity contribution in [3.05, 3.63) is 28.2 Å². The van der Waals surface area contributed by atoms with Gasteiger partial charge in [-0.3, -0.25) is 4.79 Å². The van der Waals surface area contributed by atoms with E-state index < -0.39 is 0 Å². The van der Waals surface area contributed by atoms with Crippen LogP contribution in [0.3, 0.4) is 0 Å². The van der Waals surface area contributed by atoms with E-state index >= 15 is 0 Å². The van der Waals surface area contributed by atoms with E-state index in [9.17, 15) is 4.79 Å². The van der Waals surface area contributed by atoms with Gasteiger partial charge in [0.15, 0.2) is 0 Å². The lowest BCUT2D eigenvalue weighted by molar-refractivity contribution is -0.105. The number of para-hydroxylation sites is 1. The van der Waals surface area contributed by atoms with Crippen molar-refractivity contribution in [2.45, 2.75) is 34.1 Å². The zero-order chi connectivity index (χ0) is 13.0. The maximum absolute atomic E-state index is 10.1. The summed E-state index contributed by atoms with van der Waals surface area (Å²) < 4.78 is 0. The predicted octanol–water partition coefficient (Wildman–Crippen LogP) is 5.00. The van der Waals surface area contributed by atoms with Crippen LogP contribution in [0.5, 0.6) is 0 Å². The minimum Gasteiger partial charge on any atom is -0.326 e. The summed E-state index contributed by atoms with van der Waals surface area (Å²) in [5, 5.41) is 3.27. The van der Waals surface area contributed by atoms with Gasteiger partial charge in [-0.1, -0.05) is 63.4 Å². The van der Waals surface area contributed by atoms with E-state index in [1.54, 1.807) is 18.2 Å². The molecule has 0 bridgehead atoms. The molecule has 1 aromatic carbocycles. The summed E-state index contributed by atoms with van der Waals surface area (Å²) in [5.74, 6) is 0. The quantitative estimate of drug-likeness (QED) is 0.748. The van der Waals surface area contributed by atoms with E-state index in [1.807, 2.05) is 13.8 Å². The number of amides is 1. The second-order valence-corrected chi connectivity index (χ2v) is 3.38. The molecule has 0 radical (unpaired) electrons. The summed E-state index contributed by atoms with van der Waals surface area (Å²) in [6, 6.07) is 5.01. The number of hydrogen-bond donors (Lipinski definition) is 1. The second-order valence-electron chi connectivity index (χ2n) is 2.57. The lowest BCUT2D eigenvalue weighted by Gasteiger charge is -2.02. The molecule has 16 heavy (non-hydrogen) atoms. The average Bonchev–Trinajstić information content (AvgIpc) is 2.28. The number of benzene rings is 1. The SMILES string of the molecule is CC.CCC.O=CNc1c(Cl)cccc1Cl.